The molecule has 0 N–H and O–H groups in total. The number of carbonyl (C=O) groups is 1. The molecule has 0 saturated carbocycles. The zero-order chi connectivity index (χ0) is 31.9. The number of ether oxygens (including phenoxy) is 13. The van der Waals surface area contributed by atoms with Gasteiger partial charge in [0.15, 0.2) is 0 Å². The van der Waals surface area contributed by atoms with E-state index in [1.54, 1.807) is 0 Å². The van der Waals surface area contributed by atoms with E-state index in [-0.39, 0.29) is 12.6 Å². The Balaban J connectivity index is 3.05. The lowest BCUT2D eigenvalue weighted by Crippen LogP contribution is -2.15. The predicted octanol–water partition coefficient (Wildman–Crippen LogP) is 1.55. The summed E-state index contributed by atoms with van der Waals surface area (Å²) in [7, 11) is 0. The van der Waals surface area contributed by atoms with Crippen LogP contribution < -0.4 is 0 Å². The Morgan fingerprint density at radius 3 is 0.727 bits per heavy atom. The van der Waals surface area contributed by atoms with Crippen LogP contribution >= 0.6 is 0 Å². The predicted molar refractivity (Wildman–Crippen MR) is 161 cm³/mol. The summed E-state index contributed by atoms with van der Waals surface area (Å²) < 4.78 is 69.9. The van der Waals surface area contributed by atoms with Crippen molar-refractivity contribution in [1.29, 1.82) is 0 Å². The minimum Gasteiger partial charge on any atom is -0.463 e. The molecule has 0 aromatic heterocycles. The van der Waals surface area contributed by atoms with E-state index in [0.717, 1.165) is 6.42 Å². The van der Waals surface area contributed by atoms with Crippen LogP contribution in [0.2, 0.25) is 0 Å². The van der Waals surface area contributed by atoms with Crippen LogP contribution in [0.15, 0.2) is 0 Å². The molecule has 264 valence electrons. The average Bonchev–Trinajstić information content (AvgIpc) is 3.02. The second-order valence-corrected chi connectivity index (χ2v) is 8.90. The maximum Gasteiger partial charge on any atom is 0.305 e. The van der Waals surface area contributed by atoms with Gasteiger partial charge in [0.25, 0.3) is 0 Å². The summed E-state index contributed by atoms with van der Waals surface area (Å²) in [6.45, 7) is 16.6. The molecule has 0 atom stereocenters. The highest BCUT2D eigenvalue weighted by Gasteiger charge is 2.00. The van der Waals surface area contributed by atoms with Crippen LogP contribution in [0.4, 0.5) is 0 Å². The van der Waals surface area contributed by atoms with Crippen LogP contribution in [0.1, 0.15) is 26.7 Å². The highest BCUT2D eigenvalue weighted by Crippen LogP contribution is 1.91. The fraction of sp³-hybridized carbons (Fsp3) is 0.967. The topological polar surface area (TPSA) is 137 Å². The third-order valence-electron chi connectivity index (χ3n) is 5.24. The molecule has 0 aromatic rings. The summed E-state index contributed by atoms with van der Waals surface area (Å²) in [6.07, 6.45) is 1.23. The van der Waals surface area contributed by atoms with Crippen LogP contribution in [-0.4, -0.2) is 171 Å². The Labute approximate surface area is 264 Å². The van der Waals surface area contributed by atoms with Gasteiger partial charge in [-0.2, -0.15) is 0 Å². The molecule has 0 aromatic carbocycles. The highest BCUT2D eigenvalue weighted by atomic mass is 16.6. The zero-order valence-electron chi connectivity index (χ0n) is 27.3. The van der Waals surface area contributed by atoms with Crippen molar-refractivity contribution in [3.05, 3.63) is 0 Å². The number of carbonyl (C=O) groups excluding carboxylic acids is 1. The van der Waals surface area contributed by atoms with E-state index in [2.05, 4.69) is 0 Å². The Bertz CT molecular complexity index is 544. The van der Waals surface area contributed by atoms with E-state index in [0.29, 0.717) is 165 Å². The molecule has 0 radical (unpaired) electrons. The summed E-state index contributed by atoms with van der Waals surface area (Å²) in [4.78, 5) is 11.2. The lowest BCUT2D eigenvalue weighted by atomic mass is 10.3. The summed E-state index contributed by atoms with van der Waals surface area (Å²) in [5.74, 6) is -0.188. The second kappa shape index (κ2) is 40.0. The zero-order valence-corrected chi connectivity index (χ0v) is 27.3. The largest absolute Gasteiger partial charge is 0.463 e. The van der Waals surface area contributed by atoms with Crippen molar-refractivity contribution in [1.82, 2.24) is 0 Å². The SMILES string of the molecule is CCCC(=O)OCCOCCOCCOCCOCCOCCOCCOCCOCCOCCOCCOCCOCC. The van der Waals surface area contributed by atoms with Crippen molar-refractivity contribution in [2.75, 3.05) is 165 Å². The van der Waals surface area contributed by atoms with Crippen LogP contribution in [0.5, 0.6) is 0 Å². The van der Waals surface area contributed by atoms with Gasteiger partial charge in [0.2, 0.25) is 0 Å². The van der Waals surface area contributed by atoms with Crippen molar-refractivity contribution in [2.24, 2.45) is 0 Å². The first-order valence-corrected chi connectivity index (χ1v) is 15.9. The number of hydrogen-bond acceptors (Lipinski definition) is 14. The lowest BCUT2D eigenvalue weighted by molar-refractivity contribution is -0.145. The summed E-state index contributed by atoms with van der Waals surface area (Å²) in [5.41, 5.74) is 0. The first-order valence-electron chi connectivity index (χ1n) is 15.9. The van der Waals surface area contributed by atoms with Gasteiger partial charge < -0.3 is 61.6 Å². The molecule has 0 aliphatic heterocycles. The van der Waals surface area contributed by atoms with Gasteiger partial charge in [0.05, 0.1) is 152 Å². The lowest BCUT2D eigenvalue weighted by Gasteiger charge is -2.09. The minimum absolute atomic E-state index is 0.188. The average molecular weight is 645 g/mol. The first-order chi connectivity index (χ1) is 21.8. The molecule has 0 aliphatic carbocycles. The molecule has 0 spiro atoms. The molecule has 14 nitrogen and oxygen atoms in total. The van der Waals surface area contributed by atoms with E-state index >= 15 is 0 Å². The van der Waals surface area contributed by atoms with E-state index in [1.165, 1.54) is 0 Å². The molecule has 0 amide bonds. The highest BCUT2D eigenvalue weighted by molar-refractivity contribution is 5.69. The van der Waals surface area contributed by atoms with Gasteiger partial charge in [-0.15, -0.1) is 0 Å². The van der Waals surface area contributed by atoms with Crippen LogP contribution in [0.25, 0.3) is 0 Å². The molecule has 0 bridgehead atoms. The standard InChI is InChI=1S/C30H60O14/c1-3-5-30(31)44-29-28-43-27-26-42-25-24-41-23-22-40-21-20-39-19-18-38-17-16-37-15-14-36-13-12-35-11-10-34-9-8-33-7-6-32-4-2/h3-29H2,1-2H3. The molecule has 0 heterocycles. The van der Waals surface area contributed by atoms with Crippen molar-refractivity contribution in [3.8, 4) is 0 Å². The normalized spacial score (nSPS) is 11.4. The van der Waals surface area contributed by atoms with Gasteiger partial charge in [-0.1, -0.05) is 6.92 Å². The third-order valence-corrected chi connectivity index (χ3v) is 5.24. The van der Waals surface area contributed by atoms with Crippen molar-refractivity contribution >= 4 is 5.97 Å². The van der Waals surface area contributed by atoms with Crippen LogP contribution in [0, 0.1) is 0 Å². The first kappa shape index (κ1) is 43.0. The summed E-state index contributed by atoms with van der Waals surface area (Å²) in [5, 5.41) is 0. The van der Waals surface area contributed by atoms with Crippen LogP contribution in [-0.2, 0) is 66.4 Å². The van der Waals surface area contributed by atoms with E-state index in [1.807, 2.05) is 13.8 Å². The maximum absolute atomic E-state index is 11.2. The molecule has 44 heavy (non-hydrogen) atoms. The second-order valence-electron chi connectivity index (χ2n) is 8.90. The van der Waals surface area contributed by atoms with Gasteiger partial charge in [-0.25, -0.2) is 0 Å². The van der Waals surface area contributed by atoms with E-state index in [9.17, 15) is 4.79 Å². The molecule has 0 saturated heterocycles. The Morgan fingerprint density at radius 2 is 0.523 bits per heavy atom. The molecule has 0 fully saturated rings. The fourth-order valence-electron chi connectivity index (χ4n) is 3.05. The quantitative estimate of drug-likeness (QED) is 0.0707. The molecule has 0 rings (SSSR count). The van der Waals surface area contributed by atoms with Gasteiger partial charge in [0, 0.05) is 13.0 Å². The maximum atomic E-state index is 11.2. The number of esters is 1. The van der Waals surface area contributed by atoms with Gasteiger partial charge in [-0.3, -0.25) is 4.79 Å². The Morgan fingerprint density at radius 1 is 0.318 bits per heavy atom. The number of rotatable bonds is 39. The molecule has 0 unspecified atom stereocenters. The minimum atomic E-state index is -0.188. The Kier molecular flexibility index (Phi) is 39.1. The summed E-state index contributed by atoms with van der Waals surface area (Å²) in [6, 6.07) is 0. The Hall–Kier alpha value is -1.01. The summed E-state index contributed by atoms with van der Waals surface area (Å²) >= 11 is 0. The monoisotopic (exact) mass is 644 g/mol. The van der Waals surface area contributed by atoms with Crippen molar-refractivity contribution < 1.29 is 66.4 Å². The van der Waals surface area contributed by atoms with E-state index in [4.69, 9.17) is 61.6 Å². The van der Waals surface area contributed by atoms with Crippen LogP contribution in [0.3, 0.4) is 0 Å². The number of hydrogen-bond donors (Lipinski definition) is 0. The molecular weight excluding hydrogens is 584 g/mol. The van der Waals surface area contributed by atoms with Crippen molar-refractivity contribution in [2.45, 2.75) is 26.7 Å². The van der Waals surface area contributed by atoms with Gasteiger partial charge in [-0.05, 0) is 13.3 Å². The van der Waals surface area contributed by atoms with Gasteiger partial charge in [0.1, 0.15) is 6.61 Å². The van der Waals surface area contributed by atoms with E-state index < -0.39 is 0 Å². The van der Waals surface area contributed by atoms with Crippen molar-refractivity contribution in [3.63, 3.8) is 0 Å². The smallest absolute Gasteiger partial charge is 0.305 e. The fourth-order valence-corrected chi connectivity index (χ4v) is 3.05. The molecular formula is C30H60O14. The third kappa shape index (κ3) is 39.0. The molecule has 0 aliphatic rings. The van der Waals surface area contributed by atoms with Gasteiger partial charge >= 0.3 is 5.97 Å². The molecule has 14 heteroatoms.